The van der Waals surface area contributed by atoms with Gasteiger partial charge in [-0.2, -0.15) is 13.2 Å². The first kappa shape index (κ1) is 51.5. The van der Waals surface area contributed by atoms with Crippen molar-refractivity contribution in [2.24, 2.45) is 41.4 Å². The van der Waals surface area contributed by atoms with Gasteiger partial charge in [-0.05, 0) is 102 Å². The number of halogens is 3. The normalized spacial score (nSPS) is 40.0. The number of hydrogen-bond donors (Lipinski definition) is 4. The number of rotatable bonds is 14. The highest BCUT2D eigenvalue weighted by atomic mass is 19.4. The first-order chi connectivity index (χ1) is 30.4. The summed E-state index contributed by atoms with van der Waals surface area (Å²) in [7, 11) is 0. The lowest BCUT2D eigenvalue weighted by atomic mass is 9.72. The van der Waals surface area contributed by atoms with Gasteiger partial charge in [-0.3, -0.25) is 14.4 Å². The van der Waals surface area contributed by atoms with E-state index in [-0.39, 0.29) is 30.0 Å². The molecule has 5 aliphatic rings. The summed E-state index contributed by atoms with van der Waals surface area (Å²) in [5.41, 5.74) is -3.64. The van der Waals surface area contributed by atoms with Gasteiger partial charge in [0.1, 0.15) is 11.8 Å². The molecule has 2 spiro atoms. The second-order valence-corrected chi connectivity index (χ2v) is 20.5. The number of carboxylic acid groups (broad SMARTS) is 1. The van der Waals surface area contributed by atoms with E-state index in [4.69, 9.17) is 23.7 Å². The number of carbonyl (C=O) groups excluding carboxylic acids is 2. The number of ketones is 1. The molecule has 1 unspecified atom stereocenters. The number of nitrogens with one attached hydrogen (secondary N) is 1. The van der Waals surface area contributed by atoms with Crippen molar-refractivity contribution >= 4 is 17.7 Å². The van der Waals surface area contributed by atoms with E-state index in [1.54, 1.807) is 19.1 Å². The lowest BCUT2D eigenvalue weighted by Crippen LogP contribution is -2.65. The molecular weight excluding hydrogens is 848 g/mol. The molecule has 0 aliphatic carbocycles. The van der Waals surface area contributed by atoms with E-state index in [0.29, 0.717) is 51.4 Å². The highest BCUT2D eigenvalue weighted by molar-refractivity contribution is 5.96. The largest absolute Gasteiger partial charge is 0.481 e. The number of aliphatic hydroxyl groups excluding tert-OH is 1. The van der Waals surface area contributed by atoms with Gasteiger partial charge in [0, 0.05) is 30.1 Å². The van der Waals surface area contributed by atoms with Crippen molar-refractivity contribution in [3.8, 4) is 0 Å². The van der Waals surface area contributed by atoms with Crippen LogP contribution in [0.25, 0.3) is 0 Å². The molecule has 5 aliphatic heterocycles. The van der Waals surface area contributed by atoms with E-state index < -0.39 is 118 Å². The molecule has 1 aromatic carbocycles. The average Bonchev–Trinajstić information content (AvgIpc) is 3.60. The van der Waals surface area contributed by atoms with Crippen LogP contribution in [0.4, 0.5) is 13.2 Å². The van der Waals surface area contributed by atoms with Crippen LogP contribution in [0, 0.1) is 41.4 Å². The molecule has 12 nitrogen and oxygen atoms in total. The summed E-state index contributed by atoms with van der Waals surface area (Å²) in [5.74, 6) is -8.24. The first-order valence-corrected chi connectivity index (χ1v) is 24.1. The number of carboxylic acids is 1. The molecule has 1 amide bonds. The van der Waals surface area contributed by atoms with E-state index >= 15 is 0 Å². The van der Waals surface area contributed by atoms with Crippen LogP contribution >= 0.6 is 0 Å². The minimum Gasteiger partial charge on any atom is -0.481 e. The smallest absolute Gasteiger partial charge is 0.417 e. The second kappa shape index (κ2) is 19.6. The Labute approximate surface area is 382 Å². The van der Waals surface area contributed by atoms with Crippen molar-refractivity contribution in [1.29, 1.82) is 0 Å². The standard InChI is InChI=1S/C50H74F3NO11/c1-11-33(45(58)59)37-19-18-27(4)42(62-37)31(8)40(55)30(7)41(56)34(12-2)43-28(5)26-29(6)48(63-43)23-20-38(54-44(57)35-16-14-15-17-36(35)50(51,52)53)49(65-48)25-24-46(10,64-49)39-21-22-47(60,13-3)32(9)61-39/h14-17,20,23,27-34,37-40,42-43,55,60H,11-13,18-19,21-22,24-26H2,1-10H3,(H,54,57)(H,58,59)/t27-,28-,29+,30-,31-,32-,33+,34-,37+,38?,39+,40+,42+,43-,46-,47+,48-,49-/m0/s1. The molecule has 366 valence electrons. The van der Waals surface area contributed by atoms with Crippen LogP contribution < -0.4 is 5.32 Å². The van der Waals surface area contributed by atoms with Crippen molar-refractivity contribution in [3.05, 3.63) is 47.5 Å². The molecule has 1 aromatic rings. The average molecular weight is 922 g/mol. The number of alkyl halides is 3. The van der Waals surface area contributed by atoms with Crippen molar-refractivity contribution in [1.82, 2.24) is 5.32 Å². The molecule has 0 bridgehead atoms. The fourth-order valence-electron chi connectivity index (χ4n) is 11.8. The number of aliphatic carboxylic acids is 1. The lowest BCUT2D eigenvalue weighted by molar-refractivity contribution is -0.397. The lowest BCUT2D eigenvalue weighted by Gasteiger charge is -2.55. The van der Waals surface area contributed by atoms with Gasteiger partial charge in [0.2, 0.25) is 0 Å². The molecule has 18 atom stereocenters. The molecule has 15 heteroatoms. The quantitative estimate of drug-likeness (QED) is 0.132. The molecule has 6 rings (SSSR count). The van der Waals surface area contributed by atoms with Gasteiger partial charge in [0.25, 0.3) is 5.91 Å². The third-order valence-electron chi connectivity index (χ3n) is 16.2. The van der Waals surface area contributed by atoms with Gasteiger partial charge in [-0.1, -0.05) is 73.6 Å². The monoisotopic (exact) mass is 922 g/mol. The third kappa shape index (κ3) is 9.99. The van der Waals surface area contributed by atoms with Crippen molar-refractivity contribution < 1.29 is 66.6 Å². The third-order valence-corrected chi connectivity index (χ3v) is 16.2. The van der Waals surface area contributed by atoms with Gasteiger partial charge in [0.15, 0.2) is 11.6 Å². The Balaban J connectivity index is 1.28. The summed E-state index contributed by atoms with van der Waals surface area (Å²) >= 11 is 0. The summed E-state index contributed by atoms with van der Waals surface area (Å²) in [6.07, 6.45) is -0.377. The maximum Gasteiger partial charge on any atom is 0.417 e. The van der Waals surface area contributed by atoms with Gasteiger partial charge >= 0.3 is 12.1 Å². The molecular formula is C50H74F3NO11. The summed E-state index contributed by atoms with van der Waals surface area (Å²) in [6, 6.07) is 3.53. The molecule has 4 fully saturated rings. The Morgan fingerprint density at radius 2 is 1.57 bits per heavy atom. The highest BCUT2D eigenvalue weighted by Gasteiger charge is 2.63. The molecule has 0 radical (unpaired) electrons. The maximum absolute atomic E-state index is 14.7. The van der Waals surface area contributed by atoms with Gasteiger partial charge in [0.05, 0.1) is 64.9 Å². The zero-order chi connectivity index (χ0) is 48.0. The number of carbonyl (C=O) groups is 3. The van der Waals surface area contributed by atoms with Crippen molar-refractivity contribution in [3.63, 3.8) is 0 Å². The predicted octanol–water partition coefficient (Wildman–Crippen LogP) is 8.64. The van der Waals surface area contributed by atoms with Crippen molar-refractivity contribution in [2.75, 3.05) is 0 Å². The van der Waals surface area contributed by atoms with Crippen LogP contribution in [0.15, 0.2) is 36.4 Å². The van der Waals surface area contributed by atoms with Crippen LogP contribution in [-0.4, -0.2) is 98.4 Å². The fourth-order valence-corrected chi connectivity index (χ4v) is 11.8. The SMILES string of the molecule is CC[C@@H](C(=O)[C@@H](C)[C@@H](O)[C@H](C)[C@@H]1O[C@@H]([C@@H](CC)C(=O)O)CC[C@@H]1C)[C@H]1O[C@]2(C=CC(NC(=O)c3ccccc3C(F)(F)F)[C@]3(CC[C@@](C)([C@H]4CC[C@](O)(CC)[C@H](C)O4)O3)O2)[C@H](C)C[C@@H]1C. The number of amides is 1. The molecule has 4 N–H and O–H groups in total. The van der Waals surface area contributed by atoms with E-state index in [2.05, 4.69) is 5.32 Å². The van der Waals surface area contributed by atoms with E-state index in [1.807, 2.05) is 62.3 Å². The van der Waals surface area contributed by atoms with E-state index in [1.165, 1.54) is 12.1 Å². The van der Waals surface area contributed by atoms with Crippen LogP contribution in [-0.2, 0) is 39.4 Å². The zero-order valence-electron chi connectivity index (χ0n) is 39.9. The van der Waals surface area contributed by atoms with Gasteiger partial charge < -0.3 is 44.3 Å². The predicted molar refractivity (Wildman–Crippen MR) is 235 cm³/mol. The fraction of sp³-hybridized carbons (Fsp3) is 0.780. The van der Waals surface area contributed by atoms with Crippen molar-refractivity contribution in [2.45, 2.75) is 205 Å². The summed E-state index contributed by atoms with van der Waals surface area (Å²) in [5, 5.41) is 35.8. The number of ether oxygens (including phenoxy) is 5. The topological polar surface area (TPSA) is 170 Å². The van der Waals surface area contributed by atoms with E-state index in [0.717, 1.165) is 18.6 Å². The van der Waals surface area contributed by atoms with Crippen LogP contribution in [0.3, 0.4) is 0 Å². The van der Waals surface area contributed by atoms with Crippen LogP contribution in [0.5, 0.6) is 0 Å². The Kier molecular flexibility index (Phi) is 15.5. The molecule has 65 heavy (non-hydrogen) atoms. The zero-order valence-corrected chi connectivity index (χ0v) is 39.9. The number of benzene rings is 1. The Bertz CT molecular complexity index is 1900. The molecule has 4 saturated heterocycles. The number of aliphatic hydroxyl groups is 2. The Morgan fingerprint density at radius 1 is 0.892 bits per heavy atom. The molecule has 5 heterocycles. The van der Waals surface area contributed by atoms with Gasteiger partial charge in [-0.25, -0.2) is 0 Å². The van der Waals surface area contributed by atoms with Crippen LogP contribution in [0.2, 0.25) is 0 Å². The Morgan fingerprint density at radius 3 is 2.18 bits per heavy atom. The Hall–Kier alpha value is -2.92. The van der Waals surface area contributed by atoms with Gasteiger partial charge in [-0.15, -0.1) is 0 Å². The molecule has 0 aromatic heterocycles. The number of Topliss-reactive ketones (excluding diaryl/α,β-unsaturated/α-hetero) is 1. The highest BCUT2D eigenvalue weighted by Crippen LogP contribution is 2.54. The summed E-state index contributed by atoms with van der Waals surface area (Å²) < 4.78 is 76.6. The minimum absolute atomic E-state index is 0.0392. The summed E-state index contributed by atoms with van der Waals surface area (Å²) in [4.78, 5) is 40.6. The van der Waals surface area contributed by atoms with E-state index in [9.17, 15) is 42.9 Å². The first-order valence-electron chi connectivity index (χ1n) is 24.1. The maximum atomic E-state index is 14.7. The second-order valence-electron chi connectivity index (χ2n) is 20.5. The van der Waals surface area contributed by atoms with Crippen LogP contribution in [0.1, 0.15) is 149 Å². The summed E-state index contributed by atoms with van der Waals surface area (Å²) in [6.45, 7) is 18.9. The number of hydrogen-bond acceptors (Lipinski definition) is 10. The molecule has 0 saturated carbocycles. The minimum atomic E-state index is -4.78.